The first-order valence-electron chi connectivity index (χ1n) is 5.57. The lowest BCUT2D eigenvalue weighted by atomic mass is 9.99. The normalized spacial score (nSPS) is 22.5. The van der Waals surface area contributed by atoms with Crippen molar-refractivity contribution in [2.75, 3.05) is 11.9 Å². The molecule has 18 heavy (non-hydrogen) atoms. The third kappa shape index (κ3) is 1.86. The Balaban J connectivity index is 1.94. The minimum Gasteiger partial charge on any atom is -0.472 e. The number of amides is 2. The van der Waals surface area contributed by atoms with E-state index >= 15 is 0 Å². The van der Waals surface area contributed by atoms with Crippen molar-refractivity contribution in [2.45, 2.75) is 13.3 Å². The zero-order valence-corrected chi connectivity index (χ0v) is 10.5. The van der Waals surface area contributed by atoms with Gasteiger partial charge in [0.15, 0.2) is 11.7 Å². The predicted molar refractivity (Wildman–Crippen MR) is 66.9 cm³/mol. The van der Waals surface area contributed by atoms with E-state index in [0.717, 1.165) is 10.6 Å². The molecule has 0 radical (unpaired) electrons. The summed E-state index contributed by atoms with van der Waals surface area (Å²) >= 11 is 1.43. The molecule has 0 aromatic carbocycles. The van der Waals surface area contributed by atoms with Gasteiger partial charge in [-0.3, -0.25) is 9.59 Å². The molecule has 0 bridgehead atoms. The summed E-state index contributed by atoms with van der Waals surface area (Å²) in [4.78, 5) is 23.3. The van der Waals surface area contributed by atoms with Crippen molar-refractivity contribution >= 4 is 34.6 Å². The Bertz CT molecular complexity index is 564. The first-order chi connectivity index (χ1) is 8.63. The second-order valence-corrected chi connectivity index (χ2v) is 5.30. The monoisotopic (exact) mass is 265 g/mol. The summed E-state index contributed by atoms with van der Waals surface area (Å²) in [6.07, 6.45) is 0.425. The van der Waals surface area contributed by atoms with Crippen molar-refractivity contribution in [3.05, 3.63) is 10.9 Å². The minimum absolute atomic E-state index is 0.0473. The molecule has 0 spiro atoms. The molecular weight excluding hydrogens is 254 g/mol. The van der Waals surface area contributed by atoms with Crippen LogP contribution < -0.4 is 15.5 Å². The second kappa shape index (κ2) is 4.09. The van der Waals surface area contributed by atoms with E-state index in [0.29, 0.717) is 17.2 Å². The van der Waals surface area contributed by atoms with E-state index in [1.54, 1.807) is 0 Å². The van der Waals surface area contributed by atoms with Crippen molar-refractivity contribution in [3.63, 3.8) is 0 Å². The Morgan fingerprint density at radius 2 is 2.28 bits per heavy atom. The SMILES string of the molecule is CC1CC(=O)NN=C1c1cc2c(s1)OCC(=O)N2. The summed E-state index contributed by atoms with van der Waals surface area (Å²) in [5.74, 6) is -0.162. The maximum absolute atomic E-state index is 11.2. The smallest absolute Gasteiger partial charge is 0.262 e. The molecule has 2 aliphatic rings. The van der Waals surface area contributed by atoms with Crippen molar-refractivity contribution in [1.29, 1.82) is 0 Å². The number of fused-ring (bicyclic) bond motifs is 1. The number of hydrazone groups is 1. The van der Waals surface area contributed by atoms with Gasteiger partial charge in [0, 0.05) is 12.3 Å². The molecule has 2 aliphatic heterocycles. The standard InChI is InChI=1S/C11H11N3O3S/c1-5-2-8(15)13-14-10(5)7-3-6-11(18-7)17-4-9(16)12-6/h3,5H,2,4H2,1H3,(H,12,16)(H,13,15). The van der Waals surface area contributed by atoms with Gasteiger partial charge < -0.3 is 10.1 Å². The quantitative estimate of drug-likeness (QED) is 0.793. The third-order valence-electron chi connectivity index (χ3n) is 2.82. The first-order valence-corrected chi connectivity index (χ1v) is 6.38. The van der Waals surface area contributed by atoms with Gasteiger partial charge in [0.25, 0.3) is 5.91 Å². The van der Waals surface area contributed by atoms with Gasteiger partial charge in [-0.2, -0.15) is 5.10 Å². The van der Waals surface area contributed by atoms with Crippen LogP contribution in [0.25, 0.3) is 0 Å². The van der Waals surface area contributed by atoms with Crippen LogP contribution in [0.2, 0.25) is 0 Å². The Hall–Kier alpha value is -1.89. The van der Waals surface area contributed by atoms with E-state index in [-0.39, 0.29) is 24.3 Å². The molecule has 1 unspecified atom stereocenters. The van der Waals surface area contributed by atoms with Crippen LogP contribution in [0.3, 0.4) is 0 Å². The van der Waals surface area contributed by atoms with Crippen LogP contribution >= 0.6 is 11.3 Å². The predicted octanol–water partition coefficient (Wildman–Crippen LogP) is 0.939. The summed E-state index contributed by atoms with van der Waals surface area (Å²) in [5.41, 5.74) is 3.98. The fourth-order valence-corrected chi connectivity index (χ4v) is 3.03. The van der Waals surface area contributed by atoms with Crippen LogP contribution in [0.5, 0.6) is 5.06 Å². The Morgan fingerprint density at radius 1 is 1.44 bits per heavy atom. The van der Waals surface area contributed by atoms with Crippen molar-refractivity contribution in [2.24, 2.45) is 11.0 Å². The van der Waals surface area contributed by atoms with E-state index < -0.39 is 0 Å². The molecule has 1 aromatic rings. The largest absolute Gasteiger partial charge is 0.472 e. The van der Waals surface area contributed by atoms with Gasteiger partial charge in [-0.25, -0.2) is 5.43 Å². The van der Waals surface area contributed by atoms with Crippen molar-refractivity contribution < 1.29 is 14.3 Å². The zero-order valence-electron chi connectivity index (χ0n) is 9.65. The molecule has 3 rings (SSSR count). The summed E-state index contributed by atoms with van der Waals surface area (Å²) in [7, 11) is 0. The lowest BCUT2D eigenvalue weighted by Crippen LogP contribution is -2.31. The summed E-state index contributed by atoms with van der Waals surface area (Å²) in [6, 6.07) is 1.84. The number of thiophene rings is 1. The van der Waals surface area contributed by atoms with Gasteiger partial charge in [-0.1, -0.05) is 18.3 Å². The van der Waals surface area contributed by atoms with E-state index in [4.69, 9.17) is 4.74 Å². The van der Waals surface area contributed by atoms with Crippen molar-refractivity contribution in [1.82, 2.24) is 5.43 Å². The summed E-state index contributed by atoms with van der Waals surface area (Å²) in [6.45, 7) is 2.00. The maximum atomic E-state index is 11.2. The minimum atomic E-state index is -0.154. The number of hydrogen-bond donors (Lipinski definition) is 2. The van der Waals surface area contributed by atoms with Gasteiger partial charge in [0.2, 0.25) is 5.91 Å². The topological polar surface area (TPSA) is 79.8 Å². The van der Waals surface area contributed by atoms with Crippen molar-refractivity contribution in [3.8, 4) is 5.06 Å². The number of hydrogen-bond acceptors (Lipinski definition) is 5. The highest BCUT2D eigenvalue weighted by molar-refractivity contribution is 7.16. The molecule has 6 nitrogen and oxygen atoms in total. The van der Waals surface area contributed by atoms with Crippen LogP contribution in [0.4, 0.5) is 5.69 Å². The lowest BCUT2D eigenvalue weighted by Gasteiger charge is -2.17. The van der Waals surface area contributed by atoms with Crippen LogP contribution in [0.1, 0.15) is 18.2 Å². The van der Waals surface area contributed by atoms with Crippen LogP contribution in [0, 0.1) is 5.92 Å². The molecule has 0 saturated heterocycles. The van der Waals surface area contributed by atoms with Gasteiger partial charge in [0.05, 0.1) is 16.3 Å². The molecule has 0 aliphatic carbocycles. The average Bonchev–Trinajstić information content (AvgIpc) is 2.71. The molecule has 0 fully saturated rings. The number of anilines is 1. The van der Waals surface area contributed by atoms with Gasteiger partial charge in [0.1, 0.15) is 0 Å². The average molecular weight is 265 g/mol. The maximum Gasteiger partial charge on any atom is 0.262 e. The molecule has 0 saturated carbocycles. The Labute approximate surface area is 107 Å². The number of ether oxygens (including phenoxy) is 1. The molecule has 1 atom stereocenters. The molecule has 7 heteroatoms. The summed E-state index contributed by atoms with van der Waals surface area (Å²) in [5, 5.41) is 7.52. The van der Waals surface area contributed by atoms with Crippen LogP contribution in [-0.4, -0.2) is 24.1 Å². The van der Waals surface area contributed by atoms with Gasteiger partial charge in [-0.15, -0.1) is 0 Å². The molecule has 3 heterocycles. The number of carbonyl (C=O) groups excluding carboxylic acids is 2. The molecule has 2 N–H and O–H groups in total. The first kappa shape index (κ1) is 11.2. The molecule has 1 aromatic heterocycles. The van der Waals surface area contributed by atoms with Gasteiger partial charge in [-0.05, 0) is 6.07 Å². The number of nitrogens with one attached hydrogen (secondary N) is 2. The zero-order chi connectivity index (χ0) is 12.7. The number of nitrogens with zero attached hydrogens (tertiary/aromatic N) is 1. The molecular formula is C11H11N3O3S. The highest BCUT2D eigenvalue weighted by Crippen LogP contribution is 2.38. The number of carbonyl (C=O) groups is 2. The lowest BCUT2D eigenvalue weighted by molar-refractivity contribution is -0.122. The highest BCUT2D eigenvalue weighted by Gasteiger charge is 2.26. The fourth-order valence-electron chi connectivity index (χ4n) is 1.96. The summed E-state index contributed by atoms with van der Waals surface area (Å²) < 4.78 is 5.33. The Kier molecular flexibility index (Phi) is 2.55. The highest BCUT2D eigenvalue weighted by atomic mass is 32.1. The van der Waals surface area contributed by atoms with Crippen LogP contribution in [-0.2, 0) is 9.59 Å². The second-order valence-electron chi connectivity index (χ2n) is 4.29. The molecule has 2 amide bonds. The van der Waals surface area contributed by atoms with E-state index in [1.807, 2.05) is 13.0 Å². The number of rotatable bonds is 1. The van der Waals surface area contributed by atoms with E-state index in [1.165, 1.54) is 11.3 Å². The van der Waals surface area contributed by atoms with Gasteiger partial charge >= 0.3 is 0 Å². The fraction of sp³-hybridized carbons (Fsp3) is 0.364. The van der Waals surface area contributed by atoms with Crippen LogP contribution in [0.15, 0.2) is 11.2 Å². The van der Waals surface area contributed by atoms with E-state index in [9.17, 15) is 9.59 Å². The van der Waals surface area contributed by atoms with E-state index in [2.05, 4.69) is 15.8 Å². The molecule has 94 valence electrons. The Morgan fingerprint density at radius 3 is 3.06 bits per heavy atom. The third-order valence-corrected chi connectivity index (χ3v) is 3.89.